The summed E-state index contributed by atoms with van der Waals surface area (Å²) in [6.45, 7) is 1.36. The van der Waals surface area contributed by atoms with Crippen molar-refractivity contribution in [3.05, 3.63) is 65.5 Å². The number of rotatable bonds is 4. The first-order valence-corrected chi connectivity index (χ1v) is 9.66. The number of amides is 1. The van der Waals surface area contributed by atoms with Gasteiger partial charge in [-0.25, -0.2) is 15.6 Å². The number of aromatic carboxylic acids is 1. The smallest absolute Gasteiger partial charge is 0.335 e. The van der Waals surface area contributed by atoms with Crippen molar-refractivity contribution in [3.8, 4) is 0 Å². The zero-order chi connectivity index (χ0) is 19.5. The predicted molar refractivity (Wildman–Crippen MR) is 104 cm³/mol. The third kappa shape index (κ3) is 3.90. The summed E-state index contributed by atoms with van der Waals surface area (Å²) >= 11 is 0. The topological polar surface area (TPSA) is 94.6 Å². The largest absolute Gasteiger partial charge is 0.478 e. The molecule has 3 heterocycles. The quantitative estimate of drug-likeness (QED) is 0.752. The Kier molecular flexibility index (Phi) is 5.36. The molecule has 0 bridgehead atoms. The Labute approximate surface area is 163 Å². The molecule has 28 heavy (non-hydrogen) atoms. The van der Waals surface area contributed by atoms with Crippen LogP contribution in [0.2, 0.25) is 0 Å². The number of nitrogens with one attached hydrogen (secondary N) is 2. The minimum Gasteiger partial charge on any atom is -0.478 e. The number of carboxylic acids is 1. The summed E-state index contributed by atoms with van der Waals surface area (Å²) in [6.07, 6.45) is 4.29. The molecule has 4 rings (SSSR count). The summed E-state index contributed by atoms with van der Waals surface area (Å²) in [5, 5.41) is 9.23. The van der Waals surface area contributed by atoms with Crippen LogP contribution >= 0.6 is 0 Å². The van der Waals surface area contributed by atoms with Gasteiger partial charge in [-0.05, 0) is 49.1 Å². The number of nitrogens with zero attached hydrogens (tertiary/aromatic N) is 2. The first-order valence-electron chi connectivity index (χ1n) is 9.66. The van der Waals surface area contributed by atoms with Crippen LogP contribution in [0.3, 0.4) is 0 Å². The summed E-state index contributed by atoms with van der Waals surface area (Å²) in [7, 11) is 0. The lowest BCUT2D eigenvalue weighted by molar-refractivity contribution is -0.134. The van der Waals surface area contributed by atoms with Gasteiger partial charge >= 0.3 is 5.97 Å². The number of hydrazine groups is 1. The fraction of sp³-hybridized carbons (Fsp3) is 0.381. The molecule has 2 aliphatic heterocycles. The number of piperidine rings is 1. The molecule has 7 heteroatoms. The molecule has 0 spiro atoms. The third-order valence-electron chi connectivity index (χ3n) is 5.58. The Morgan fingerprint density at radius 2 is 2.04 bits per heavy atom. The maximum Gasteiger partial charge on any atom is 0.335 e. The number of hydrogen-bond donors (Lipinski definition) is 3. The Morgan fingerprint density at radius 3 is 2.82 bits per heavy atom. The normalized spacial score (nSPS) is 24.9. The average Bonchev–Trinajstić information content (AvgIpc) is 3.24. The molecule has 2 aromatic rings. The van der Waals surface area contributed by atoms with E-state index in [1.54, 1.807) is 24.4 Å². The molecule has 2 fully saturated rings. The van der Waals surface area contributed by atoms with Gasteiger partial charge in [0.05, 0.1) is 17.3 Å². The highest BCUT2D eigenvalue weighted by Crippen LogP contribution is 2.29. The number of hydrogen-bond acceptors (Lipinski definition) is 5. The molecule has 2 saturated heterocycles. The number of pyridine rings is 1. The van der Waals surface area contributed by atoms with Crippen LogP contribution in [0.15, 0.2) is 48.7 Å². The Hall–Kier alpha value is -2.77. The van der Waals surface area contributed by atoms with Gasteiger partial charge in [-0.2, -0.15) is 0 Å². The van der Waals surface area contributed by atoms with E-state index in [0.717, 1.165) is 30.6 Å². The van der Waals surface area contributed by atoms with Crippen LogP contribution in [0, 0.1) is 0 Å². The molecule has 3 unspecified atom stereocenters. The van der Waals surface area contributed by atoms with Crippen molar-refractivity contribution in [1.29, 1.82) is 0 Å². The lowest BCUT2D eigenvalue weighted by atomic mass is 9.89. The summed E-state index contributed by atoms with van der Waals surface area (Å²) < 4.78 is 0. The molecule has 1 aromatic carbocycles. The first-order chi connectivity index (χ1) is 13.6. The average molecular weight is 380 g/mol. The van der Waals surface area contributed by atoms with Crippen molar-refractivity contribution in [2.24, 2.45) is 0 Å². The Morgan fingerprint density at radius 1 is 1.14 bits per heavy atom. The predicted octanol–water partition coefficient (Wildman–Crippen LogP) is 2.09. The maximum atomic E-state index is 13.0. The van der Waals surface area contributed by atoms with Crippen molar-refractivity contribution in [2.45, 2.75) is 37.3 Å². The molecule has 3 N–H and O–H groups in total. The molecule has 1 aromatic heterocycles. The maximum absolute atomic E-state index is 13.0. The van der Waals surface area contributed by atoms with Gasteiger partial charge in [0.25, 0.3) is 0 Å². The van der Waals surface area contributed by atoms with E-state index < -0.39 is 5.97 Å². The van der Waals surface area contributed by atoms with E-state index >= 15 is 0 Å². The van der Waals surface area contributed by atoms with E-state index in [4.69, 9.17) is 0 Å². The molecular formula is C21H24N4O3. The fourth-order valence-corrected chi connectivity index (χ4v) is 4.09. The molecule has 0 radical (unpaired) electrons. The Bertz CT molecular complexity index is 858. The van der Waals surface area contributed by atoms with Gasteiger partial charge in [-0.1, -0.05) is 18.2 Å². The van der Waals surface area contributed by atoms with Gasteiger partial charge < -0.3 is 10.0 Å². The lowest BCUT2D eigenvalue weighted by Crippen LogP contribution is -2.48. The standard InChI is InChI=1S/C21H24N4O3/c26-20(19-12-18(23-24-19)17-8-1-2-9-22-17)25-10-4-7-16(13-25)14-5-3-6-15(11-14)21(27)28/h1-3,5-6,8-9,11,16,18-19,23-24H,4,7,10,12-13H2,(H,27,28). The number of carbonyl (C=O) groups excluding carboxylic acids is 1. The molecule has 1 amide bonds. The minimum absolute atomic E-state index is 0.0167. The second-order valence-electron chi connectivity index (χ2n) is 7.44. The fourth-order valence-electron chi connectivity index (χ4n) is 4.09. The van der Waals surface area contributed by atoms with Gasteiger partial charge in [0.1, 0.15) is 6.04 Å². The third-order valence-corrected chi connectivity index (χ3v) is 5.58. The zero-order valence-electron chi connectivity index (χ0n) is 15.5. The summed E-state index contributed by atoms with van der Waals surface area (Å²) in [4.78, 5) is 30.6. The monoisotopic (exact) mass is 380 g/mol. The zero-order valence-corrected chi connectivity index (χ0v) is 15.5. The highest BCUT2D eigenvalue weighted by atomic mass is 16.4. The SMILES string of the molecule is O=C(O)c1cccc(C2CCCN(C(=O)C3CC(c4ccccn4)NN3)C2)c1. The number of benzene rings is 1. The van der Waals surface area contributed by atoms with Crippen LogP contribution in [0.1, 0.15) is 52.8 Å². The van der Waals surface area contributed by atoms with Crippen LogP contribution < -0.4 is 10.9 Å². The van der Waals surface area contributed by atoms with E-state index in [9.17, 15) is 14.7 Å². The molecule has 0 saturated carbocycles. The number of carbonyl (C=O) groups is 2. The molecule has 3 atom stereocenters. The van der Waals surface area contributed by atoms with Crippen molar-refractivity contribution < 1.29 is 14.7 Å². The van der Waals surface area contributed by atoms with E-state index in [0.29, 0.717) is 18.5 Å². The van der Waals surface area contributed by atoms with Crippen LogP contribution in [0.25, 0.3) is 0 Å². The molecule has 0 aliphatic carbocycles. The van der Waals surface area contributed by atoms with E-state index in [1.165, 1.54) is 0 Å². The second-order valence-corrected chi connectivity index (χ2v) is 7.44. The van der Waals surface area contributed by atoms with Crippen LogP contribution in [0.5, 0.6) is 0 Å². The summed E-state index contributed by atoms with van der Waals surface area (Å²) in [5.74, 6) is -0.671. The lowest BCUT2D eigenvalue weighted by Gasteiger charge is -2.34. The number of aromatic nitrogens is 1. The molecular weight excluding hydrogens is 356 g/mol. The van der Waals surface area contributed by atoms with Crippen LogP contribution in [-0.4, -0.2) is 46.0 Å². The van der Waals surface area contributed by atoms with E-state index in [-0.39, 0.29) is 23.9 Å². The highest BCUT2D eigenvalue weighted by Gasteiger charge is 2.35. The Balaban J connectivity index is 1.41. The number of carboxylic acid groups (broad SMARTS) is 1. The molecule has 146 valence electrons. The van der Waals surface area contributed by atoms with Crippen LogP contribution in [-0.2, 0) is 4.79 Å². The van der Waals surface area contributed by atoms with Gasteiger partial charge in [0, 0.05) is 25.2 Å². The van der Waals surface area contributed by atoms with E-state index in [2.05, 4.69) is 15.8 Å². The first kappa shape index (κ1) is 18.6. The second kappa shape index (κ2) is 8.08. The van der Waals surface area contributed by atoms with Crippen molar-refractivity contribution in [2.75, 3.05) is 13.1 Å². The van der Waals surface area contributed by atoms with Gasteiger partial charge in [-0.15, -0.1) is 0 Å². The minimum atomic E-state index is -0.924. The van der Waals surface area contributed by atoms with Crippen molar-refractivity contribution in [3.63, 3.8) is 0 Å². The summed E-state index contributed by atoms with van der Waals surface area (Å²) in [6, 6.07) is 12.6. The van der Waals surface area contributed by atoms with Gasteiger partial charge in [0.2, 0.25) is 5.91 Å². The number of likely N-dealkylation sites (tertiary alicyclic amines) is 1. The molecule has 2 aliphatic rings. The van der Waals surface area contributed by atoms with E-state index in [1.807, 2.05) is 29.2 Å². The van der Waals surface area contributed by atoms with Crippen LogP contribution in [0.4, 0.5) is 0 Å². The van der Waals surface area contributed by atoms with Gasteiger partial charge in [-0.3, -0.25) is 9.78 Å². The molecule has 7 nitrogen and oxygen atoms in total. The van der Waals surface area contributed by atoms with Crippen molar-refractivity contribution in [1.82, 2.24) is 20.7 Å². The highest BCUT2D eigenvalue weighted by molar-refractivity contribution is 5.87. The summed E-state index contributed by atoms with van der Waals surface area (Å²) in [5.41, 5.74) is 8.51. The van der Waals surface area contributed by atoms with Gasteiger partial charge in [0.15, 0.2) is 0 Å². The van der Waals surface area contributed by atoms with Crippen molar-refractivity contribution >= 4 is 11.9 Å².